The van der Waals surface area contributed by atoms with Crippen molar-refractivity contribution in [3.8, 4) is 17.2 Å². The van der Waals surface area contributed by atoms with E-state index in [2.05, 4.69) is 4.99 Å². The van der Waals surface area contributed by atoms with Crippen molar-refractivity contribution in [1.82, 2.24) is 0 Å². The molecule has 0 saturated carbocycles. The molecule has 0 saturated heterocycles. The van der Waals surface area contributed by atoms with Crippen LogP contribution in [-0.4, -0.2) is 25.4 Å². The van der Waals surface area contributed by atoms with Crippen molar-refractivity contribution in [3.05, 3.63) is 17.4 Å². The summed E-state index contributed by atoms with van der Waals surface area (Å²) in [6, 6.07) is 1.35. The fourth-order valence-electron chi connectivity index (χ4n) is 1.23. The lowest BCUT2D eigenvalue weighted by Crippen LogP contribution is -1.97. The van der Waals surface area contributed by atoms with E-state index < -0.39 is 11.6 Å². The van der Waals surface area contributed by atoms with Crippen molar-refractivity contribution in [1.29, 1.82) is 0 Å². The van der Waals surface area contributed by atoms with Crippen LogP contribution in [0.3, 0.4) is 0 Å². The number of carbonyl (C=O) groups excluding carboxylic acids is 1. The first-order valence-corrected chi connectivity index (χ1v) is 4.31. The van der Waals surface area contributed by atoms with Gasteiger partial charge < -0.3 is 14.6 Å². The number of phenolic OH excluding ortho intramolecular Hbond substituents is 1. The Morgan fingerprint density at radius 2 is 2.19 bits per heavy atom. The van der Waals surface area contributed by atoms with Gasteiger partial charge in [-0.05, 0) is 6.07 Å². The zero-order valence-corrected chi connectivity index (χ0v) is 8.78. The second kappa shape index (κ2) is 5.14. The van der Waals surface area contributed by atoms with E-state index in [1.807, 2.05) is 0 Å². The first-order chi connectivity index (χ1) is 7.65. The third-order valence-electron chi connectivity index (χ3n) is 1.98. The predicted molar refractivity (Wildman–Crippen MR) is 53.0 cm³/mol. The van der Waals surface area contributed by atoms with E-state index in [1.165, 1.54) is 26.4 Å². The highest BCUT2D eigenvalue weighted by molar-refractivity contribution is 5.52. The summed E-state index contributed by atoms with van der Waals surface area (Å²) in [6.07, 6.45) is 1.30. The number of aromatic hydroxyl groups is 1. The summed E-state index contributed by atoms with van der Waals surface area (Å²) in [4.78, 5) is 13.2. The summed E-state index contributed by atoms with van der Waals surface area (Å²) in [5, 5.41) is 9.46. The zero-order valence-electron chi connectivity index (χ0n) is 8.78. The summed E-state index contributed by atoms with van der Waals surface area (Å²) in [6.45, 7) is -0.174. The van der Waals surface area contributed by atoms with Crippen LogP contribution in [0.5, 0.6) is 17.2 Å². The number of hydrogen-bond acceptors (Lipinski definition) is 5. The van der Waals surface area contributed by atoms with Crippen molar-refractivity contribution >= 4 is 6.08 Å². The normalized spacial score (nSPS) is 9.44. The molecule has 0 aliphatic rings. The maximum absolute atomic E-state index is 13.5. The molecule has 0 fully saturated rings. The number of isocyanates is 1. The van der Waals surface area contributed by atoms with Gasteiger partial charge in [0.2, 0.25) is 17.6 Å². The number of aliphatic imine (C=N–C) groups is 1. The maximum Gasteiger partial charge on any atom is 0.235 e. The molecule has 0 amide bonds. The first kappa shape index (κ1) is 12.0. The number of halogens is 1. The topological polar surface area (TPSA) is 68.1 Å². The van der Waals surface area contributed by atoms with Crippen molar-refractivity contribution < 1.29 is 23.8 Å². The molecule has 1 aromatic rings. The molecule has 0 atom stereocenters. The Labute approximate surface area is 91.1 Å². The van der Waals surface area contributed by atoms with Crippen LogP contribution in [-0.2, 0) is 11.3 Å². The molecule has 1 N–H and O–H groups in total. The molecule has 0 aliphatic carbocycles. The van der Waals surface area contributed by atoms with Gasteiger partial charge in [0.25, 0.3) is 0 Å². The van der Waals surface area contributed by atoms with Gasteiger partial charge in [0.1, 0.15) is 0 Å². The van der Waals surface area contributed by atoms with Crippen LogP contribution >= 0.6 is 0 Å². The van der Waals surface area contributed by atoms with Crippen molar-refractivity contribution in [2.45, 2.75) is 6.54 Å². The molecule has 1 aromatic carbocycles. The highest BCUT2D eigenvalue weighted by atomic mass is 19.1. The van der Waals surface area contributed by atoms with Gasteiger partial charge in [0.05, 0.1) is 20.8 Å². The van der Waals surface area contributed by atoms with E-state index in [9.17, 15) is 14.3 Å². The highest BCUT2D eigenvalue weighted by Gasteiger charge is 2.18. The maximum atomic E-state index is 13.5. The van der Waals surface area contributed by atoms with Crippen molar-refractivity contribution in [3.63, 3.8) is 0 Å². The van der Waals surface area contributed by atoms with Crippen LogP contribution in [0.2, 0.25) is 0 Å². The fraction of sp³-hybridized carbons (Fsp3) is 0.300. The second-order valence-corrected chi connectivity index (χ2v) is 2.84. The van der Waals surface area contributed by atoms with Gasteiger partial charge in [-0.3, -0.25) is 0 Å². The van der Waals surface area contributed by atoms with Crippen LogP contribution in [0.15, 0.2) is 11.1 Å². The highest BCUT2D eigenvalue weighted by Crippen LogP contribution is 2.38. The van der Waals surface area contributed by atoms with Crippen molar-refractivity contribution in [2.24, 2.45) is 4.99 Å². The Morgan fingerprint density at radius 3 is 2.69 bits per heavy atom. The van der Waals surface area contributed by atoms with Crippen LogP contribution < -0.4 is 9.47 Å². The average molecular weight is 227 g/mol. The Morgan fingerprint density at radius 1 is 1.50 bits per heavy atom. The summed E-state index contributed by atoms with van der Waals surface area (Å²) in [5.74, 6) is -1.64. The zero-order chi connectivity index (χ0) is 12.1. The van der Waals surface area contributed by atoms with E-state index in [0.29, 0.717) is 0 Å². The molecule has 0 heterocycles. The minimum Gasteiger partial charge on any atom is -0.504 e. The van der Waals surface area contributed by atoms with Crippen molar-refractivity contribution in [2.75, 3.05) is 14.2 Å². The van der Waals surface area contributed by atoms with Gasteiger partial charge in [0.15, 0.2) is 11.5 Å². The lowest BCUT2D eigenvalue weighted by atomic mass is 10.1. The third-order valence-corrected chi connectivity index (χ3v) is 1.98. The van der Waals surface area contributed by atoms with Gasteiger partial charge in [-0.15, -0.1) is 0 Å². The first-order valence-electron chi connectivity index (χ1n) is 4.31. The number of ether oxygens (including phenoxy) is 2. The summed E-state index contributed by atoms with van der Waals surface area (Å²) in [7, 11) is 2.59. The standard InChI is InChI=1S/C10H10FNO4/c1-15-7-3-6(4-12-5-13)9(14)8(11)10(7)16-2/h3,14H,4H2,1-2H3. The smallest absolute Gasteiger partial charge is 0.235 e. The van der Waals surface area contributed by atoms with E-state index in [1.54, 1.807) is 0 Å². The number of nitrogens with zero attached hydrogens (tertiary/aromatic N) is 1. The monoisotopic (exact) mass is 227 g/mol. The molecule has 0 aliphatic heterocycles. The molecule has 5 nitrogen and oxygen atoms in total. The largest absolute Gasteiger partial charge is 0.504 e. The molecule has 0 bridgehead atoms. The number of hydrogen-bond donors (Lipinski definition) is 1. The lowest BCUT2D eigenvalue weighted by molar-refractivity contribution is 0.324. The molecule has 0 aromatic heterocycles. The van der Waals surface area contributed by atoms with Gasteiger partial charge in [0, 0.05) is 5.56 Å². The minimum absolute atomic E-state index is 0.119. The molecular weight excluding hydrogens is 217 g/mol. The molecule has 6 heteroatoms. The Kier molecular flexibility index (Phi) is 3.85. The Bertz CT molecular complexity index is 441. The lowest BCUT2D eigenvalue weighted by Gasteiger charge is -2.11. The molecule has 0 radical (unpaired) electrons. The quantitative estimate of drug-likeness (QED) is 0.623. The number of benzene rings is 1. The van der Waals surface area contributed by atoms with Crippen LogP contribution in [0.4, 0.5) is 4.39 Å². The second-order valence-electron chi connectivity index (χ2n) is 2.84. The van der Waals surface area contributed by atoms with Gasteiger partial charge >= 0.3 is 0 Å². The molecule has 0 unspecified atom stereocenters. The number of rotatable bonds is 4. The third kappa shape index (κ3) is 2.12. The van der Waals surface area contributed by atoms with Crippen LogP contribution in [0, 0.1) is 5.82 Å². The SMILES string of the molecule is COc1cc(CN=C=O)c(O)c(F)c1OC. The van der Waals surface area contributed by atoms with Crippen LogP contribution in [0.1, 0.15) is 5.56 Å². The molecule has 16 heavy (non-hydrogen) atoms. The molecule has 1 rings (SSSR count). The average Bonchev–Trinajstić information content (AvgIpc) is 2.30. The van der Waals surface area contributed by atoms with Crippen LogP contribution in [0.25, 0.3) is 0 Å². The van der Waals surface area contributed by atoms with E-state index in [4.69, 9.17) is 9.47 Å². The molecular formula is C10H10FNO4. The van der Waals surface area contributed by atoms with E-state index in [-0.39, 0.29) is 23.6 Å². The predicted octanol–water partition coefficient (Wildman–Crippen LogP) is 1.38. The number of methoxy groups -OCH3 is 2. The van der Waals surface area contributed by atoms with Gasteiger partial charge in [-0.25, -0.2) is 9.79 Å². The Hall–Kier alpha value is -2.07. The summed E-state index contributed by atoms with van der Waals surface area (Å²) in [5.41, 5.74) is 0.124. The van der Waals surface area contributed by atoms with E-state index in [0.717, 1.165) is 0 Å². The summed E-state index contributed by atoms with van der Waals surface area (Å²) < 4.78 is 23.2. The van der Waals surface area contributed by atoms with Gasteiger partial charge in [-0.2, -0.15) is 4.39 Å². The van der Waals surface area contributed by atoms with E-state index >= 15 is 0 Å². The number of phenols is 1. The van der Waals surface area contributed by atoms with Gasteiger partial charge in [-0.1, -0.05) is 0 Å². The molecule has 0 spiro atoms. The molecule has 86 valence electrons. The fourth-order valence-corrected chi connectivity index (χ4v) is 1.23. The Balaban J connectivity index is 3.31. The minimum atomic E-state index is -0.946. The summed E-state index contributed by atoms with van der Waals surface area (Å²) >= 11 is 0.